The molecule has 6 N–H and O–H groups in total. The molecule has 0 bridgehead atoms. The second kappa shape index (κ2) is 15.8. The number of ether oxygens (including phenoxy) is 2. The third kappa shape index (κ3) is 7.12. The molecule has 4 fully saturated rings. The molecule has 2 aromatic carbocycles. The van der Waals surface area contributed by atoms with Crippen LogP contribution >= 0.6 is 0 Å². The Bertz CT molecular complexity index is 1320. The molecule has 0 unspecified atom stereocenters. The van der Waals surface area contributed by atoms with Crippen molar-refractivity contribution in [1.82, 2.24) is 11.0 Å². The van der Waals surface area contributed by atoms with E-state index in [-0.39, 0.29) is 34.5 Å². The first-order valence-corrected chi connectivity index (χ1v) is 18.8. The topological polar surface area (TPSA) is 147 Å². The summed E-state index contributed by atoms with van der Waals surface area (Å²) in [4.78, 5) is 39.5. The van der Waals surface area contributed by atoms with E-state index in [2.05, 4.69) is 73.3 Å². The normalized spacial score (nSPS) is 34.9. The molecule has 6 rings (SSSR count). The Hall–Kier alpha value is -2.86. The summed E-state index contributed by atoms with van der Waals surface area (Å²) in [5, 5.41) is 0. The van der Waals surface area contributed by atoms with Crippen LogP contribution in [-0.2, 0) is 28.7 Å². The molecular formula is C40H58N4O6. The van der Waals surface area contributed by atoms with Gasteiger partial charge in [-0.3, -0.25) is 0 Å². The first-order chi connectivity index (χ1) is 24.2. The summed E-state index contributed by atoms with van der Waals surface area (Å²) in [6.07, 6.45) is 8.15. The maximum Gasteiger partial charge on any atom is 0.418 e. The van der Waals surface area contributed by atoms with Gasteiger partial charge in [0.1, 0.15) is 11.2 Å². The minimum atomic E-state index is -0.871. The van der Waals surface area contributed by atoms with Gasteiger partial charge in [-0.15, -0.1) is 0 Å². The van der Waals surface area contributed by atoms with Gasteiger partial charge < -0.3 is 30.6 Å². The summed E-state index contributed by atoms with van der Waals surface area (Å²) in [6, 6.07) is 20.9. The van der Waals surface area contributed by atoms with Gasteiger partial charge in [-0.25, -0.2) is 20.5 Å². The molecule has 0 aromatic heterocycles. The van der Waals surface area contributed by atoms with Gasteiger partial charge in [0.25, 0.3) is 0 Å². The lowest BCUT2D eigenvalue weighted by Gasteiger charge is -2.52. The van der Waals surface area contributed by atoms with Gasteiger partial charge >= 0.3 is 11.9 Å². The minimum absolute atomic E-state index is 0.206. The zero-order valence-electron chi connectivity index (χ0n) is 30.0. The van der Waals surface area contributed by atoms with E-state index in [9.17, 15) is 9.59 Å². The second-order valence-electron chi connectivity index (χ2n) is 15.7. The molecule has 0 radical (unpaired) electrons. The van der Waals surface area contributed by atoms with Gasteiger partial charge in [-0.2, -0.15) is 0 Å². The van der Waals surface area contributed by atoms with Crippen molar-refractivity contribution in [3.8, 4) is 0 Å². The Kier molecular flexibility index (Phi) is 11.7. The summed E-state index contributed by atoms with van der Waals surface area (Å²) in [6.45, 7) is 7.44. The summed E-state index contributed by atoms with van der Waals surface area (Å²) in [7, 11) is 0. The van der Waals surface area contributed by atoms with E-state index >= 15 is 0 Å². The van der Waals surface area contributed by atoms with E-state index in [0.717, 1.165) is 38.5 Å². The second-order valence-corrected chi connectivity index (χ2v) is 15.7. The fraction of sp³-hybridized carbons (Fsp3) is 0.650. The molecule has 2 aromatic rings. The van der Waals surface area contributed by atoms with E-state index in [1.165, 1.54) is 11.1 Å². The van der Waals surface area contributed by atoms with Crippen LogP contribution in [0.5, 0.6) is 0 Å². The molecule has 50 heavy (non-hydrogen) atoms. The highest BCUT2D eigenvalue weighted by molar-refractivity contribution is 6.30. The summed E-state index contributed by atoms with van der Waals surface area (Å²) >= 11 is 0. The number of carbonyl (C=O) groups excluding carboxylic acids is 2. The van der Waals surface area contributed by atoms with E-state index in [1.807, 2.05) is 12.1 Å². The van der Waals surface area contributed by atoms with Crippen LogP contribution in [0.2, 0.25) is 0 Å². The van der Waals surface area contributed by atoms with Gasteiger partial charge in [0.2, 0.25) is 0 Å². The van der Waals surface area contributed by atoms with Crippen molar-refractivity contribution in [2.75, 3.05) is 39.4 Å². The highest BCUT2D eigenvalue weighted by Crippen LogP contribution is 2.64. The molecule has 10 nitrogen and oxygen atoms in total. The minimum Gasteiger partial charge on any atom is -0.450 e. The molecule has 0 amide bonds. The average Bonchev–Trinajstić information content (AvgIpc) is 3.58. The predicted octanol–water partition coefficient (Wildman–Crippen LogP) is 5.28. The predicted molar refractivity (Wildman–Crippen MR) is 191 cm³/mol. The number of carbonyl (C=O) groups is 2. The Labute approximate surface area is 297 Å². The maximum absolute atomic E-state index is 14.2. The zero-order chi connectivity index (χ0) is 35.2. The van der Waals surface area contributed by atoms with E-state index in [1.54, 1.807) is 0 Å². The number of fused-ring (bicyclic) bond motifs is 2. The quantitative estimate of drug-likeness (QED) is 0.0894. The zero-order valence-corrected chi connectivity index (χ0v) is 30.0. The molecule has 10 heteroatoms. The molecule has 8 atom stereocenters. The molecule has 0 heterocycles. The number of hydrogen-bond donors (Lipinski definition) is 4. The largest absolute Gasteiger partial charge is 0.450 e. The number of benzene rings is 2. The van der Waals surface area contributed by atoms with Crippen LogP contribution in [0.25, 0.3) is 0 Å². The van der Waals surface area contributed by atoms with E-state index in [4.69, 9.17) is 30.6 Å². The van der Waals surface area contributed by atoms with Crippen LogP contribution in [-0.4, -0.2) is 62.5 Å². The van der Waals surface area contributed by atoms with Gasteiger partial charge in [0, 0.05) is 37.0 Å². The summed E-state index contributed by atoms with van der Waals surface area (Å²) < 4.78 is 13.2. The van der Waals surface area contributed by atoms with Crippen LogP contribution in [0.15, 0.2) is 60.7 Å². The number of hydrogen-bond acceptors (Lipinski definition) is 10. The highest BCUT2D eigenvalue weighted by Gasteiger charge is 2.65. The SMILES string of the molecule is C[C@]12CC[C@H](c3ccccc3)C[C@@]1(OC(=O)C(=O)O[C@]13CC[C@H](CNOCCN)[C@@]1(C)CC[C@H](c1ccccc1)C3)CC[C@@H]2CNOCCN. The van der Waals surface area contributed by atoms with Crippen molar-refractivity contribution < 1.29 is 28.7 Å². The lowest BCUT2D eigenvalue weighted by atomic mass is 9.59. The van der Waals surface area contributed by atoms with Crippen LogP contribution in [0, 0.1) is 22.7 Å². The third-order valence-electron chi connectivity index (χ3n) is 13.4. The number of esters is 2. The standard InChI is InChI=1S/C40H58N4O6/c1-37-17-13-31(29-9-5-3-6-10-29)25-39(37,19-15-33(37)27-43-47-23-21-41)49-35(45)36(46)50-40-20-16-34(28-44-48-24-22-42)38(40,2)18-14-32(26-40)30-11-7-4-8-12-30/h3-12,31-34,43-44H,13-28,41-42H2,1-2H3/t31-,32-,33+,34+,37+,38+,39-,40-/m0/s1. The fourth-order valence-corrected chi connectivity index (χ4v) is 10.4. The van der Waals surface area contributed by atoms with Crippen molar-refractivity contribution in [1.29, 1.82) is 0 Å². The number of nitrogens with one attached hydrogen (secondary N) is 2. The smallest absolute Gasteiger partial charge is 0.418 e. The van der Waals surface area contributed by atoms with Crippen molar-refractivity contribution in [2.45, 2.75) is 101 Å². The Morgan fingerprint density at radius 2 is 1.04 bits per heavy atom. The van der Waals surface area contributed by atoms with Crippen LogP contribution < -0.4 is 22.4 Å². The van der Waals surface area contributed by atoms with Gasteiger partial charge in [0.15, 0.2) is 0 Å². The fourth-order valence-electron chi connectivity index (χ4n) is 10.4. The third-order valence-corrected chi connectivity index (χ3v) is 13.4. The molecule has 4 aliphatic carbocycles. The maximum atomic E-state index is 14.2. The number of rotatable bonds is 14. The van der Waals surface area contributed by atoms with E-state index < -0.39 is 23.1 Å². The van der Waals surface area contributed by atoms with Crippen LogP contribution in [0.1, 0.15) is 101 Å². The lowest BCUT2D eigenvalue weighted by Crippen LogP contribution is -2.56. The van der Waals surface area contributed by atoms with Crippen molar-refractivity contribution >= 4 is 11.9 Å². The van der Waals surface area contributed by atoms with Crippen molar-refractivity contribution in [2.24, 2.45) is 34.1 Å². The molecular weight excluding hydrogens is 632 g/mol. The Morgan fingerprint density at radius 3 is 1.42 bits per heavy atom. The van der Waals surface area contributed by atoms with Crippen LogP contribution in [0.4, 0.5) is 0 Å². The summed E-state index contributed by atoms with van der Waals surface area (Å²) in [5.74, 6) is -0.877. The van der Waals surface area contributed by atoms with Gasteiger partial charge in [-0.1, -0.05) is 74.5 Å². The van der Waals surface area contributed by atoms with Crippen molar-refractivity contribution in [3.05, 3.63) is 71.8 Å². The molecule has 274 valence electrons. The Morgan fingerprint density at radius 1 is 0.640 bits per heavy atom. The Balaban J connectivity index is 1.24. The van der Waals surface area contributed by atoms with Crippen molar-refractivity contribution in [3.63, 3.8) is 0 Å². The number of nitrogens with two attached hydrogens (primary N) is 2. The molecule has 4 saturated carbocycles. The van der Waals surface area contributed by atoms with Gasteiger partial charge in [-0.05, 0) is 99.0 Å². The molecule has 0 aliphatic heterocycles. The average molecular weight is 691 g/mol. The molecule has 0 saturated heterocycles. The highest BCUT2D eigenvalue weighted by atomic mass is 16.6. The summed E-state index contributed by atoms with van der Waals surface area (Å²) in [5.41, 5.74) is 17.7. The van der Waals surface area contributed by atoms with E-state index in [0.29, 0.717) is 65.1 Å². The number of hydroxylamine groups is 2. The lowest BCUT2D eigenvalue weighted by molar-refractivity contribution is -0.208. The molecule has 0 spiro atoms. The first-order valence-electron chi connectivity index (χ1n) is 18.8. The monoisotopic (exact) mass is 690 g/mol. The van der Waals surface area contributed by atoms with Crippen LogP contribution in [0.3, 0.4) is 0 Å². The molecule has 4 aliphatic rings. The first kappa shape index (κ1) is 36.9. The van der Waals surface area contributed by atoms with Gasteiger partial charge in [0.05, 0.1) is 13.2 Å².